The van der Waals surface area contributed by atoms with Crippen molar-refractivity contribution in [2.75, 3.05) is 50.5 Å². The first kappa shape index (κ1) is 60.8. The zero-order valence-electron chi connectivity index (χ0n) is 44.9. The van der Waals surface area contributed by atoms with Gasteiger partial charge in [0.1, 0.15) is 24.7 Å². The molecule has 1 fully saturated rings. The third kappa shape index (κ3) is 18.1. The summed E-state index contributed by atoms with van der Waals surface area (Å²) < 4.78 is 11.2. The number of carbonyl (C=O) groups is 11. The number of imide groups is 2. The van der Waals surface area contributed by atoms with Crippen molar-refractivity contribution in [3.05, 3.63) is 106 Å². The molecular weight excluding hydrogens is 1060 g/mol. The number of halogens is 1. The highest BCUT2D eigenvalue weighted by atomic mass is 35.5. The van der Waals surface area contributed by atoms with Gasteiger partial charge in [-0.25, -0.2) is 14.4 Å². The molecule has 3 heterocycles. The van der Waals surface area contributed by atoms with Crippen LogP contribution in [0.4, 0.5) is 25.8 Å². The van der Waals surface area contributed by atoms with Crippen LogP contribution >= 0.6 is 11.6 Å². The minimum atomic E-state index is -1.06. The number of nitrogens with two attached hydrogens (primary N) is 1. The Morgan fingerprint density at radius 3 is 2.25 bits per heavy atom. The smallest absolute Gasteiger partial charge is 0.409 e. The molecule has 0 saturated carbocycles. The molecule has 25 heteroatoms. The number of unbranched alkanes of at least 4 members (excludes halogenated alkanes) is 2. The maximum Gasteiger partial charge on any atom is 0.409 e. The monoisotopic (exact) mass is 1130 g/mol. The van der Waals surface area contributed by atoms with E-state index in [-0.39, 0.29) is 113 Å². The van der Waals surface area contributed by atoms with Crippen LogP contribution in [-0.2, 0) is 69.2 Å². The van der Waals surface area contributed by atoms with E-state index in [0.717, 1.165) is 21.6 Å². The number of rotatable bonds is 28. The number of piperidine rings is 1. The predicted molar refractivity (Wildman–Crippen MR) is 292 cm³/mol. The molecular formula is C55H68ClN11O13. The number of carbonyl (C=O) groups excluding carboxylic acids is 11. The van der Waals surface area contributed by atoms with Gasteiger partial charge in [0.2, 0.25) is 29.5 Å². The van der Waals surface area contributed by atoms with Crippen LogP contribution in [0.25, 0.3) is 0 Å². The summed E-state index contributed by atoms with van der Waals surface area (Å²) in [6.07, 6.45) is 4.81. The molecule has 0 aromatic heterocycles. The molecule has 24 nitrogen and oxygen atoms in total. The lowest BCUT2D eigenvalue weighted by atomic mass is 10.0. The van der Waals surface area contributed by atoms with Gasteiger partial charge in [-0.3, -0.25) is 48.6 Å². The van der Waals surface area contributed by atoms with E-state index in [1.807, 2.05) is 6.07 Å². The third-order valence-corrected chi connectivity index (χ3v) is 13.7. The summed E-state index contributed by atoms with van der Waals surface area (Å²) in [7, 11) is 1.57. The van der Waals surface area contributed by atoms with Crippen molar-refractivity contribution in [2.24, 2.45) is 11.7 Å². The maximum absolute atomic E-state index is 13.6. The van der Waals surface area contributed by atoms with Crippen molar-refractivity contribution in [1.29, 1.82) is 0 Å². The fourth-order valence-corrected chi connectivity index (χ4v) is 9.16. The quantitative estimate of drug-likeness (QED) is 0.0380. The lowest BCUT2D eigenvalue weighted by Gasteiger charge is -2.29. The van der Waals surface area contributed by atoms with Gasteiger partial charge in [0.15, 0.2) is 0 Å². The summed E-state index contributed by atoms with van der Waals surface area (Å²) in [4.78, 5) is 141. The van der Waals surface area contributed by atoms with Crippen LogP contribution in [0.3, 0.4) is 0 Å². The van der Waals surface area contributed by atoms with Gasteiger partial charge in [-0.15, -0.1) is 0 Å². The molecule has 1 saturated heterocycles. The Labute approximate surface area is 467 Å². The van der Waals surface area contributed by atoms with E-state index in [4.69, 9.17) is 26.8 Å². The third-order valence-electron chi connectivity index (χ3n) is 13.4. The molecule has 80 heavy (non-hydrogen) atoms. The Hall–Kier alpha value is -8.38. The topological polar surface area (TPSA) is 326 Å². The number of ether oxygens (including phenoxy) is 2. The average Bonchev–Trinajstić information content (AvgIpc) is 3.93. The molecule has 428 valence electrons. The van der Waals surface area contributed by atoms with Gasteiger partial charge in [0, 0.05) is 86.7 Å². The number of amides is 13. The molecule has 0 spiro atoms. The van der Waals surface area contributed by atoms with E-state index in [9.17, 15) is 52.7 Å². The second kappa shape index (κ2) is 29.6. The second-order valence-corrected chi connectivity index (χ2v) is 20.2. The van der Waals surface area contributed by atoms with E-state index < -0.39 is 54.0 Å². The SMILES string of the molecule is CC(C)C(NC(=O)CCCCCN1C(=O)C=CC1=O)C(=O)NC(CCCNC(N)=O)C(=O)Nc1ccc(COC(=O)N(C)CCOCCc2ccc(NC(=O)NCc3ccc4c(c3)CN(C3CCC(=O)NC3=O)C4=O)cc2Cl)cc1. The van der Waals surface area contributed by atoms with Crippen LogP contribution in [0.5, 0.6) is 0 Å². The number of urea groups is 2. The fraction of sp³-hybridized carbons (Fsp3) is 0.436. The first-order valence-electron chi connectivity index (χ1n) is 26.4. The van der Waals surface area contributed by atoms with Crippen LogP contribution in [-0.4, -0.2) is 138 Å². The summed E-state index contributed by atoms with van der Waals surface area (Å²) >= 11 is 6.54. The average molecular weight is 1130 g/mol. The summed E-state index contributed by atoms with van der Waals surface area (Å²) in [6, 6.07) is 12.9. The van der Waals surface area contributed by atoms with Crippen LogP contribution in [0.15, 0.2) is 72.8 Å². The van der Waals surface area contributed by atoms with Gasteiger partial charge >= 0.3 is 18.2 Å². The second-order valence-electron chi connectivity index (χ2n) is 19.8. The summed E-state index contributed by atoms with van der Waals surface area (Å²) in [5.41, 5.74) is 9.42. The van der Waals surface area contributed by atoms with Gasteiger partial charge in [-0.2, -0.15) is 0 Å². The molecule has 0 aliphatic carbocycles. The van der Waals surface area contributed by atoms with Gasteiger partial charge in [0.25, 0.3) is 17.7 Å². The highest BCUT2D eigenvalue weighted by Gasteiger charge is 2.39. The van der Waals surface area contributed by atoms with Crippen molar-refractivity contribution in [1.82, 2.24) is 41.3 Å². The van der Waals surface area contributed by atoms with Gasteiger partial charge < -0.3 is 56.9 Å². The lowest BCUT2D eigenvalue weighted by Crippen LogP contribution is -2.54. The molecule has 3 aromatic rings. The first-order chi connectivity index (χ1) is 38.3. The van der Waals surface area contributed by atoms with E-state index in [1.54, 1.807) is 75.5 Å². The van der Waals surface area contributed by atoms with Crippen molar-refractivity contribution in [3.8, 4) is 0 Å². The van der Waals surface area contributed by atoms with Crippen LogP contribution in [0.2, 0.25) is 5.02 Å². The Kier molecular flexibility index (Phi) is 22.5. The molecule has 6 rings (SSSR count). The normalized spacial score (nSPS) is 15.5. The standard InChI is InChI=1S/C55H68ClN11O13/c1-33(2)48(63-44(68)9-5-4-6-24-66-46(70)20-21-47(66)71)51(74)62-42(8-7-23-58-53(57)76)49(72)60-38-14-10-34(11-15-38)32-80-55(78)65(3)25-27-79-26-22-36-13-16-39(29-41(36)56)61-54(77)59-30-35-12-17-40-37(28-35)31-67(52(40)75)43-18-19-45(69)64-50(43)73/h10-17,20-21,28-29,33,42-43,48H,4-9,18-19,22-27,30-32H2,1-3H3,(H,60,72)(H,62,74)(H,63,68)(H3,57,58,76)(H2,59,61,77)(H,64,69,73). The van der Waals surface area contributed by atoms with E-state index in [2.05, 4.69) is 37.2 Å². The molecule has 0 radical (unpaired) electrons. The molecule has 3 unspecified atom stereocenters. The molecule has 13 amide bonds. The summed E-state index contributed by atoms with van der Waals surface area (Å²) in [5, 5.41) is 19.0. The Bertz CT molecular complexity index is 2830. The number of primary amides is 1. The Balaban J connectivity index is 0.865. The fourth-order valence-electron chi connectivity index (χ4n) is 8.88. The molecule has 0 bridgehead atoms. The molecule has 3 aliphatic rings. The zero-order chi connectivity index (χ0) is 57.9. The van der Waals surface area contributed by atoms with Crippen LogP contribution in [0, 0.1) is 5.92 Å². The van der Waals surface area contributed by atoms with E-state index in [1.165, 1.54) is 22.0 Å². The predicted octanol–water partition coefficient (Wildman–Crippen LogP) is 3.75. The number of hydrogen-bond donors (Lipinski definition) is 8. The maximum atomic E-state index is 13.6. The number of fused-ring (bicyclic) bond motifs is 1. The highest BCUT2D eigenvalue weighted by Crippen LogP contribution is 2.29. The molecule has 9 N–H and O–H groups in total. The zero-order valence-corrected chi connectivity index (χ0v) is 45.6. The van der Waals surface area contributed by atoms with Crippen LogP contribution < -0.4 is 43.0 Å². The van der Waals surface area contributed by atoms with Crippen molar-refractivity contribution < 1.29 is 62.2 Å². The van der Waals surface area contributed by atoms with E-state index in [0.29, 0.717) is 59.8 Å². The molecule has 3 atom stereocenters. The number of nitrogens with zero attached hydrogens (tertiary/aromatic N) is 3. The van der Waals surface area contributed by atoms with Crippen molar-refractivity contribution >= 4 is 88.4 Å². The largest absolute Gasteiger partial charge is 0.445 e. The minimum absolute atomic E-state index is 0.0676. The van der Waals surface area contributed by atoms with E-state index >= 15 is 0 Å². The van der Waals surface area contributed by atoms with Gasteiger partial charge in [-0.05, 0) is 97.0 Å². The number of benzene rings is 3. The van der Waals surface area contributed by atoms with Gasteiger partial charge in [-0.1, -0.05) is 62.2 Å². The number of hydrogen-bond acceptors (Lipinski definition) is 13. The molecule has 3 aliphatic heterocycles. The highest BCUT2D eigenvalue weighted by molar-refractivity contribution is 6.31. The van der Waals surface area contributed by atoms with Crippen molar-refractivity contribution in [2.45, 2.75) is 109 Å². The van der Waals surface area contributed by atoms with Crippen LogP contribution in [0.1, 0.15) is 97.8 Å². The van der Waals surface area contributed by atoms with Gasteiger partial charge in [0.05, 0.1) is 13.2 Å². The summed E-state index contributed by atoms with van der Waals surface area (Å²) in [5.74, 6) is -3.68. The lowest BCUT2D eigenvalue weighted by molar-refractivity contribution is -0.138. The Morgan fingerprint density at radius 2 is 1.55 bits per heavy atom. The Morgan fingerprint density at radius 1 is 0.825 bits per heavy atom. The molecule has 3 aromatic carbocycles. The van der Waals surface area contributed by atoms with Crippen molar-refractivity contribution in [3.63, 3.8) is 0 Å². The minimum Gasteiger partial charge on any atom is -0.445 e. The summed E-state index contributed by atoms with van der Waals surface area (Å²) in [6.45, 7) is 4.97. The first-order valence-corrected chi connectivity index (χ1v) is 26.8. The number of nitrogens with one attached hydrogen (secondary N) is 7. The number of anilines is 2. The number of likely N-dealkylation sites (N-methyl/N-ethyl adjacent to an activating group) is 1.